The third-order valence-corrected chi connectivity index (χ3v) is 2.80. The third kappa shape index (κ3) is 2.64. The summed E-state index contributed by atoms with van der Waals surface area (Å²) in [7, 11) is 1.47. The second kappa shape index (κ2) is 5.49. The highest BCUT2D eigenvalue weighted by Crippen LogP contribution is 2.35. The summed E-state index contributed by atoms with van der Waals surface area (Å²) in [4.78, 5) is 0. The summed E-state index contributed by atoms with van der Waals surface area (Å²) in [5, 5.41) is 8.84. The molecule has 0 unspecified atom stereocenters. The van der Waals surface area contributed by atoms with Crippen LogP contribution in [0.1, 0.15) is 11.1 Å². The van der Waals surface area contributed by atoms with Crippen molar-refractivity contribution in [2.45, 2.75) is 6.92 Å². The number of halogens is 1. The van der Waals surface area contributed by atoms with E-state index < -0.39 is 0 Å². The number of nitrogen functional groups attached to an aromatic ring is 1. The Labute approximate surface area is 116 Å². The van der Waals surface area contributed by atoms with Crippen LogP contribution in [0.15, 0.2) is 30.3 Å². The molecule has 0 atom stereocenters. The molecule has 0 spiro atoms. The maximum absolute atomic E-state index is 13.3. The zero-order chi connectivity index (χ0) is 14.7. The van der Waals surface area contributed by atoms with Gasteiger partial charge in [0.1, 0.15) is 5.82 Å². The Morgan fingerprint density at radius 2 is 1.90 bits per heavy atom. The molecule has 0 aliphatic carbocycles. The Kier molecular flexibility index (Phi) is 3.76. The topological polar surface area (TPSA) is 68.3 Å². The summed E-state index contributed by atoms with van der Waals surface area (Å²) in [5.74, 6) is 0.767. The van der Waals surface area contributed by atoms with Crippen LogP contribution in [0.25, 0.3) is 0 Å². The standard InChI is InChI=1S/C15H13FN2O2/c1-9-5-14(12(18)7-11(9)16)20-13-4-3-10(8-17)6-15(13)19-2/h3-7H,18H2,1-2H3. The van der Waals surface area contributed by atoms with Gasteiger partial charge in [-0.1, -0.05) is 0 Å². The van der Waals surface area contributed by atoms with Gasteiger partial charge in [0, 0.05) is 12.1 Å². The van der Waals surface area contributed by atoms with Crippen LogP contribution in [0.5, 0.6) is 17.2 Å². The Balaban J connectivity index is 2.40. The van der Waals surface area contributed by atoms with Gasteiger partial charge < -0.3 is 15.2 Å². The van der Waals surface area contributed by atoms with E-state index in [-0.39, 0.29) is 11.5 Å². The Morgan fingerprint density at radius 1 is 1.15 bits per heavy atom. The van der Waals surface area contributed by atoms with Crippen molar-refractivity contribution in [3.63, 3.8) is 0 Å². The molecule has 0 saturated carbocycles. The van der Waals surface area contributed by atoms with Crippen molar-refractivity contribution in [2.24, 2.45) is 0 Å². The first-order valence-electron chi connectivity index (χ1n) is 5.86. The Morgan fingerprint density at radius 3 is 2.55 bits per heavy atom. The first-order valence-corrected chi connectivity index (χ1v) is 5.86. The van der Waals surface area contributed by atoms with Gasteiger partial charge in [0.2, 0.25) is 0 Å². The number of ether oxygens (including phenoxy) is 2. The summed E-state index contributed by atoms with van der Waals surface area (Å²) in [6.45, 7) is 1.62. The van der Waals surface area contributed by atoms with Crippen molar-refractivity contribution in [1.82, 2.24) is 0 Å². The highest BCUT2D eigenvalue weighted by atomic mass is 19.1. The Bertz CT molecular complexity index is 693. The van der Waals surface area contributed by atoms with Gasteiger partial charge in [0.15, 0.2) is 17.2 Å². The van der Waals surface area contributed by atoms with E-state index in [1.807, 2.05) is 6.07 Å². The average molecular weight is 272 g/mol. The Hall–Kier alpha value is -2.74. The highest BCUT2D eigenvalue weighted by molar-refractivity contribution is 5.57. The minimum Gasteiger partial charge on any atom is -0.493 e. The molecule has 0 aliphatic rings. The first kappa shape index (κ1) is 13.7. The molecule has 0 fully saturated rings. The largest absolute Gasteiger partial charge is 0.493 e. The molecule has 0 heterocycles. The van der Waals surface area contributed by atoms with Crippen molar-refractivity contribution in [3.8, 4) is 23.3 Å². The van der Waals surface area contributed by atoms with Gasteiger partial charge in [0.05, 0.1) is 24.4 Å². The minimum absolute atomic E-state index is 0.194. The molecular formula is C15H13FN2O2. The molecule has 0 amide bonds. The predicted molar refractivity (Wildman–Crippen MR) is 73.3 cm³/mol. The maximum Gasteiger partial charge on any atom is 0.169 e. The van der Waals surface area contributed by atoms with Crippen LogP contribution in [-0.2, 0) is 0 Å². The first-order chi connectivity index (χ1) is 9.55. The number of hydrogen-bond donors (Lipinski definition) is 1. The second-order valence-electron chi connectivity index (χ2n) is 4.22. The molecule has 102 valence electrons. The molecule has 2 aromatic carbocycles. The van der Waals surface area contributed by atoms with Gasteiger partial charge >= 0.3 is 0 Å². The van der Waals surface area contributed by atoms with Gasteiger partial charge in [-0.15, -0.1) is 0 Å². The molecule has 0 aliphatic heterocycles. The number of nitrogens with two attached hydrogens (primary N) is 1. The monoisotopic (exact) mass is 272 g/mol. The number of nitriles is 1. The van der Waals surface area contributed by atoms with Crippen molar-refractivity contribution in [1.29, 1.82) is 5.26 Å². The SMILES string of the molecule is COc1cc(C#N)ccc1Oc1cc(C)c(F)cc1N. The molecule has 2 aromatic rings. The maximum atomic E-state index is 13.3. The highest BCUT2D eigenvalue weighted by Gasteiger charge is 2.11. The van der Waals surface area contributed by atoms with Gasteiger partial charge in [-0.3, -0.25) is 0 Å². The van der Waals surface area contributed by atoms with E-state index in [4.69, 9.17) is 20.5 Å². The molecule has 0 aromatic heterocycles. The van der Waals surface area contributed by atoms with Gasteiger partial charge in [0.25, 0.3) is 0 Å². The fourth-order valence-corrected chi connectivity index (χ4v) is 1.70. The van der Waals surface area contributed by atoms with Crippen LogP contribution in [0.4, 0.5) is 10.1 Å². The van der Waals surface area contributed by atoms with Crippen molar-refractivity contribution >= 4 is 5.69 Å². The number of benzene rings is 2. The quantitative estimate of drug-likeness (QED) is 0.869. The summed E-state index contributed by atoms with van der Waals surface area (Å²) >= 11 is 0. The molecule has 0 bridgehead atoms. The minimum atomic E-state index is -0.387. The molecule has 4 nitrogen and oxygen atoms in total. The number of nitrogens with zero attached hydrogens (tertiary/aromatic N) is 1. The molecule has 2 rings (SSSR count). The van der Waals surface area contributed by atoms with Crippen LogP contribution < -0.4 is 15.2 Å². The van der Waals surface area contributed by atoms with Crippen LogP contribution >= 0.6 is 0 Å². The third-order valence-electron chi connectivity index (χ3n) is 2.80. The van der Waals surface area contributed by atoms with E-state index in [1.54, 1.807) is 25.1 Å². The van der Waals surface area contributed by atoms with Crippen LogP contribution in [-0.4, -0.2) is 7.11 Å². The lowest BCUT2D eigenvalue weighted by Gasteiger charge is -2.13. The average Bonchev–Trinajstić information content (AvgIpc) is 2.45. The molecule has 0 radical (unpaired) electrons. The molecule has 5 heteroatoms. The van der Waals surface area contributed by atoms with E-state index in [1.165, 1.54) is 19.2 Å². The zero-order valence-corrected chi connectivity index (χ0v) is 11.1. The lowest BCUT2D eigenvalue weighted by atomic mass is 10.2. The second-order valence-corrected chi connectivity index (χ2v) is 4.22. The molecular weight excluding hydrogens is 259 g/mol. The van der Waals surface area contributed by atoms with Crippen LogP contribution in [0.3, 0.4) is 0 Å². The summed E-state index contributed by atoms with van der Waals surface area (Å²) in [6.07, 6.45) is 0. The molecule has 20 heavy (non-hydrogen) atoms. The smallest absolute Gasteiger partial charge is 0.169 e. The van der Waals surface area contributed by atoms with E-state index in [9.17, 15) is 4.39 Å². The fraction of sp³-hybridized carbons (Fsp3) is 0.133. The lowest BCUT2D eigenvalue weighted by Crippen LogP contribution is -1.97. The van der Waals surface area contributed by atoms with Gasteiger partial charge in [-0.25, -0.2) is 4.39 Å². The van der Waals surface area contributed by atoms with Crippen molar-refractivity contribution in [3.05, 3.63) is 47.3 Å². The lowest BCUT2D eigenvalue weighted by molar-refractivity contribution is 0.379. The number of aryl methyl sites for hydroxylation is 1. The van der Waals surface area contributed by atoms with E-state index in [2.05, 4.69) is 0 Å². The number of hydrogen-bond acceptors (Lipinski definition) is 4. The van der Waals surface area contributed by atoms with E-state index >= 15 is 0 Å². The number of methoxy groups -OCH3 is 1. The number of rotatable bonds is 3. The fourth-order valence-electron chi connectivity index (χ4n) is 1.70. The zero-order valence-electron chi connectivity index (χ0n) is 11.1. The van der Waals surface area contributed by atoms with Crippen molar-refractivity contribution < 1.29 is 13.9 Å². The van der Waals surface area contributed by atoms with E-state index in [0.29, 0.717) is 28.4 Å². The van der Waals surface area contributed by atoms with Crippen molar-refractivity contribution in [2.75, 3.05) is 12.8 Å². The van der Waals surface area contributed by atoms with Crippen LogP contribution in [0.2, 0.25) is 0 Å². The normalized spacial score (nSPS) is 9.90. The predicted octanol–water partition coefficient (Wildman–Crippen LogP) is 3.39. The van der Waals surface area contributed by atoms with E-state index in [0.717, 1.165) is 0 Å². The van der Waals surface area contributed by atoms with Gasteiger partial charge in [-0.05, 0) is 30.7 Å². The van der Waals surface area contributed by atoms with Gasteiger partial charge in [-0.2, -0.15) is 5.26 Å². The summed E-state index contributed by atoms with van der Waals surface area (Å²) in [5.41, 5.74) is 6.81. The summed E-state index contributed by atoms with van der Waals surface area (Å²) in [6, 6.07) is 9.50. The molecule has 0 saturated heterocycles. The van der Waals surface area contributed by atoms with Crippen LogP contribution in [0, 0.1) is 24.1 Å². The number of anilines is 1. The molecule has 2 N–H and O–H groups in total. The summed E-state index contributed by atoms with van der Waals surface area (Å²) < 4.78 is 24.1.